The van der Waals surface area contributed by atoms with E-state index in [1.54, 1.807) is 0 Å². The van der Waals surface area contributed by atoms with Gasteiger partial charge in [0.05, 0.1) is 0 Å². The molecule has 1 heteroatoms. The molecule has 0 aromatic heterocycles. The standard InChI is InChI=1S/2C11H20.2CH3.Fe/c2*1-5-9-6-7-10(8-9)11(2,3)4;;;/h2*6-7,9-10H,5,8H2,1-4H3;2*1H3;/q;;2*-1;+2/t2*9-,10+;;;/m00.../s1. The van der Waals surface area contributed by atoms with Gasteiger partial charge in [0.15, 0.2) is 0 Å². The van der Waals surface area contributed by atoms with Gasteiger partial charge in [-0.3, -0.25) is 0 Å². The Morgan fingerprint density at radius 2 is 0.920 bits per heavy atom. The molecule has 0 nitrogen and oxygen atoms in total. The topological polar surface area (TPSA) is 0 Å². The SMILES string of the molecule is CC[C@H]1C=C[C@@H](C(C)(C)C)C1.CC[C@H]1C=C[C@@H](C(C)(C)C)C1.[CH3-].[CH3-].[Fe+2]. The van der Waals surface area contributed by atoms with Crippen molar-refractivity contribution in [2.45, 2.75) is 81.1 Å². The van der Waals surface area contributed by atoms with Crippen molar-refractivity contribution >= 4 is 0 Å². The van der Waals surface area contributed by atoms with Crippen LogP contribution in [0.25, 0.3) is 0 Å². The minimum absolute atomic E-state index is 0. The molecule has 0 heterocycles. The molecule has 0 saturated heterocycles. The van der Waals surface area contributed by atoms with E-state index < -0.39 is 0 Å². The Hall–Kier alpha value is -0.000519. The van der Waals surface area contributed by atoms with Gasteiger partial charge in [-0.1, -0.05) is 79.7 Å². The van der Waals surface area contributed by atoms with Crippen LogP contribution in [-0.2, 0) is 17.1 Å². The van der Waals surface area contributed by atoms with Crippen LogP contribution in [0.5, 0.6) is 0 Å². The fraction of sp³-hybridized carbons (Fsp3) is 0.750. The molecule has 150 valence electrons. The summed E-state index contributed by atoms with van der Waals surface area (Å²) in [7, 11) is 0. The first-order chi connectivity index (χ1) is 10.1. The third kappa shape index (κ3) is 10.0. The summed E-state index contributed by atoms with van der Waals surface area (Å²) in [5, 5.41) is 0. The van der Waals surface area contributed by atoms with Gasteiger partial charge in [0, 0.05) is 0 Å². The van der Waals surface area contributed by atoms with Crippen molar-refractivity contribution in [3.63, 3.8) is 0 Å². The first kappa shape index (κ1) is 29.8. The van der Waals surface area contributed by atoms with Crippen molar-refractivity contribution in [1.82, 2.24) is 0 Å². The van der Waals surface area contributed by atoms with E-state index in [1.165, 1.54) is 25.7 Å². The first-order valence-corrected chi connectivity index (χ1v) is 9.44. The van der Waals surface area contributed by atoms with Crippen LogP contribution in [0.1, 0.15) is 81.1 Å². The van der Waals surface area contributed by atoms with Crippen LogP contribution in [0.4, 0.5) is 0 Å². The second-order valence-corrected chi connectivity index (χ2v) is 9.52. The molecule has 2 aliphatic carbocycles. The van der Waals surface area contributed by atoms with Gasteiger partial charge in [-0.25, -0.2) is 0 Å². The quantitative estimate of drug-likeness (QED) is 0.253. The third-order valence-electron chi connectivity index (χ3n) is 5.62. The fourth-order valence-corrected chi connectivity index (χ4v) is 3.44. The van der Waals surface area contributed by atoms with E-state index in [-0.39, 0.29) is 31.9 Å². The summed E-state index contributed by atoms with van der Waals surface area (Å²) in [6.45, 7) is 18.6. The van der Waals surface area contributed by atoms with Crippen LogP contribution in [-0.4, -0.2) is 0 Å². The molecule has 0 spiro atoms. The second kappa shape index (κ2) is 12.4. The maximum atomic E-state index is 2.41. The molecule has 0 bridgehead atoms. The molecule has 0 aliphatic heterocycles. The molecule has 0 unspecified atom stereocenters. The molecule has 25 heavy (non-hydrogen) atoms. The van der Waals surface area contributed by atoms with E-state index in [1.807, 2.05) is 0 Å². The van der Waals surface area contributed by atoms with Crippen molar-refractivity contribution in [1.29, 1.82) is 0 Å². The van der Waals surface area contributed by atoms with E-state index in [0.717, 1.165) is 23.7 Å². The van der Waals surface area contributed by atoms with E-state index >= 15 is 0 Å². The van der Waals surface area contributed by atoms with Crippen LogP contribution in [0.15, 0.2) is 24.3 Å². The number of rotatable bonds is 2. The van der Waals surface area contributed by atoms with E-state index in [4.69, 9.17) is 0 Å². The van der Waals surface area contributed by atoms with E-state index in [2.05, 4.69) is 79.7 Å². The summed E-state index contributed by atoms with van der Waals surface area (Å²) in [5.41, 5.74) is 0.945. The van der Waals surface area contributed by atoms with Gasteiger partial charge in [0.25, 0.3) is 0 Å². The first-order valence-electron chi connectivity index (χ1n) is 9.44. The summed E-state index contributed by atoms with van der Waals surface area (Å²) in [4.78, 5) is 0. The molecule has 0 radical (unpaired) electrons. The second-order valence-electron chi connectivity index (χ2n) is 9.52. The summed E-state index contributed by atoms with van der Waals surface area (Å²) < 4.78 is 0. The number of hydrogen-bond acceptors (Lipinski definition) is 0. The maximum absolute atomic E-state index is 2.41. The van der Waals surface area contributed by atoms with Crippen molar-refractivity contribution in [3.8, 4) is 0 Å². The maximum Gasteiger partial charge on any atom is 2.00 e. The minimum atomic E-state index is 0. The zero-order valence-electron chi connectivity index (χ0n) is 18.8. The zero-order valence-corrected chi connectivity index (χ0v) is 19.9. The molecule has 0 aromatic carbocycles. The Kier molecular flexibility index (Phi) is 14.8. The molecular weight excluding hydrogens is 344 g/mol. The van der Waals surface area contributed by atoms with Crippen LogP contribution in [0.2, 0.25) is 0 Å². The predicted octanol–water partition coefficient (Wildman–Crippen LogP) is 8.17. The van der Waals surface area contributed by atoms with Crippen molar-refractivity contribution in [2.24, 2.45) is 34.5 Å². The third-order valence-corrected chi connectivity index (χ3v) is 5.62. The van der Waals surface area contributed by atoms with E-state index in [0.29, 0.717) is 10.8 Å². The summed E-state index contributed by atoms with van der Waals surface area (Å²) in [6, 6.07) is 0. The molecule has 2 rings (SSSR count). The van der Waals surface area contributed by atoms with Gasteiger partial charge >= 0.3 is 17.1 Å². The van der Waals surface area contributed by atoms with Crippen LogP contribution >= 0.6 is 0 Å². The summed E-state index contributed by atoms with van der Waals surface area (Å²) in [6.07, 6.45) is 15.0. The number of hydrogen-bond donors (Lipinski definition) is 0. The Balaban J connectivity index is -0.000000346. The molecule has 0 saturated carbocycles. The minimum Gasteiger partial charge on any atom is -0.358 e. The van der Waals surface area contributed by atoms with E-state index in [9.17, 15) is 0 Å². The molecule has 4 atom stereocenters. The Labute approximate surface area is 171 Å². The predicted molar refractivity (Wildman–Crippen MR) is 114 cm³/mol. The smallest absolute Gasteiger partial charge is 0.358 e. The summed E-state index contributed by atoms with van der Waals surface area (Å²) in [5.74, 6) is 3.35. The van der Waals surface area contributed by atoms with Crippen molar-refractivity contribution in [3.05, 3.63) is 39.2 Å². The van der Waals surface area contributed by atoms with Crippen LogP contribution < -0.4 is 0 Å². The van der Waals surface area contributed by atoms with Gasteiger partial charge in [-0.05, 0) is 60.2 Å². The van der Waals surface area contributed by atoms with Gasteiger partial charge in [0.2, 0.25) is 0 Å². The summed E-state index contributed by atoms with van der Waals surface area (Å²) >= 11 is 0. The monoisotopic (exact) mass is 390 g/mol. The zero-order chi connectivity index (χ0) is 17.0. The Morgan fingerprint density at radius 1 is 0.640 bits per heavy atom. The van der Waals surface area contributed by atoms with Crippen LogP contribution in [0, 0.1) is 49.4 Å². The fourth-order valence-electron chi connectivity index (χ4n) is 3.44. The van der Waals surface area contributed by atoms with Gasteiger partial charge in [0.1, 0.15) is 0 Å². The Morgan fingerprint density at radius 3 is 1.04 bits per heavy atom. The largest absolute Gasteiger partial charge is 2.00 e. The van der Waals surface area contributed by atoms with Crippen molar-refractivity contribution in [2.75, 3.05) is 0 Å². The molecule has 2 aliphatic rings. The molecule has 0 N–H and O–H groups in total. The van der Waals surface area contributed by atoms with Gasteiger partial charge in [-0.2, -0.15) is 0 Å². The molecule has 0 amide bonds. The molecular formula is C24H46Fe. The Bertz CT molecular complexity index is 340. The van der Waals surface area contributed by atoms with Crippen molar-refractivity contribution < 1.29 is 17.1 Å². The number of allylic oxidation sites excluding steroid dienone is 4. The molecule has 0 aromatic rings. The van der Waals surface area contributed by atoms with Crippen LogP contribution in [0.3, 0.4) is 0 Å². The van der Waals surface area contributed by atoms with Gasteiger partial charge < -0.3 is 14.9 Å². The average Bonchev–Trinajstić information content (AvgIpc) is 3.07. The molecule has 0 fully saturated rings. The average molecular weight is 390 g/mol. The van der Waals surface area contributed by atoms with Gasteiger partial charge in [-0.15, -0.1) is 0 Å². The normalized spacial score (nSPS) is 27.5.